The third-order valence-electron chi connectivity index (χ3n) is 5.00. The lowest BCUT2D eigenvalue weighted by Gasteiger charge is -2.12. The zero-order valence-corrected chi connectivity index (χ0v) is 20.5. The van der Waals surface area contributed by atoms with E-state index in [9.17, 15) is 10.1 Å². The molecule has 1 aromatic carbocycles. The zero-order chi connectivity index (χ0) is 25.1. The molecule has 0 aliphatic rings. The molecule has 0 saturated heterocycles. The lowest BCUT2D eigenvalue weighted by Crippen LogP contribution is -2.17. The molecule has 0 amide bonds. The topological polar surface area (TPSA) is 140 Å². The van der Waals surface area contributed by atoms with Crippen LogP contribution in [0.2, 0.25) is 10.0 Å². The molecule has 35 heavy (non-hydrogen) atoms. The molecule has 3 heterocycles. The molecular formula is C22H23Cl2N9O2. The molecule has 0 atom stereocenters. The largest absolute Gasteiger partial charge is 0.378 e. The summed E-state index contributed by atoms with van der Waals surface area (Å²) in [5.41, 5.74) is 8.43. The zero-order valence-electron chi connectivity index (χ0n) is 19.0. The highest BCUT2D eigenvalue weighted by Crippen LogP contribution is 2.31. The second-order valence-corrected chi connectivity index (χ2v) is 8.84. The molecule has 0 radical (unpaired) electrons. The molecule has 11 nitrogen and oxygen atoms in total. The van der Waals surface area contributed by atoms with Crippen molar-refractivity contribution in [1.82, 2.24) is 24.3 Å². The highest BCUT2D eigenvalue weighted by atomic mass is 35.5. The van der Waals surface area contributed by atoms with Crippen molar-refractivity contribution in [2.45, 2.75) is 6.54 Å². The maximum atomic E-state index is 10.9. The normalized spacial score (nSPS) is 11.2. The Hall–Kier alpha value is -3.67. The molecule has 4 aromatic rings. The summed E-state index contributed by atoms with van der Waals surface area (Å²) < 4.78 is 1.88. The molecule has 0 aliphatic carbocycles. The van der Waals surface area contributed by atoms with Gasteiger partial charge in [0.25, 0.3) is 0 Å². The van der Waals surface area contributed by atoms with Gasteiger partial charge in [0.1, 0.15) is 11.5 Å². The van der Waals surface area contributed by atoms with E-state index in [1.807, 2.05) is 41.7 Å². The first kappa shape index (κ1) is 24.5. The number of anilines is 3. The summed E-state index contributed by atoms with van der Waals surface area (Å²) in [5, 5.41) is 18.3. The molecule has 0 spiro atoms. The summed E-state index contributed by atoms with van der Waals surface area (Å²) in [6.45, 7) is 1.60. The standard InChI is InChI=1S/C22H23Cl2N9O2/c1-31(2)11-14-12-32-20(28-14)10-17(15-4-3-13(23)9-16(15)24)29-22(32)27-8-7-26-19-6-5-18(33(34)35)21(25)30-19/h3-6,9-10,12H,7-8,11H2,1-2H3,(H,27,29)(H3,25,26,30). The number of nitro groups is 1. The van der Waals surface area contributed by atoms with E-state index in [1.54, 1.807) is 12.1 Å². The van der Waals surface area contributed by atoms with Crippen LogP contribution in [0.1, 0.15) is 5.69 Å². The molecule has 0 unspecified atom stereocenters. The van der Waals surface area contributed by atoms with Gasteiger partial charge in [0, 0.05) is 48.5 Å². The number of nitrogens with two attached hydrogens (primary N) is 1. The van der Waals surface area contributed by atoms with Crippen LogP contribution in [0.15, 0.2) is 42.6 Å². The number of imidazole rings is 1. The number of pyridine rings is 1. The lowest BCUT2D eigenvalue weighted by molar-refractivity contribution is -0.384. The monoisotopic (exact) mass is 515 g/mol. The molecule has 4 rings (SSSR count). The van der Waals surface area contributed by atoms with Gasteiger partial charge >= 0.3 is 5.69 Å². The van der Waals surface area contributed by atoms with Gasteiger partial charge in [-0.2, -0.15) is 0 Å². The van der Waals surface area contributed by atoms with E-state index in [4.69, 9.17) is 38.9 Å². The number of aromatic nitrogens is 4. The fraction of sp³-hybridized carbons (Fsp3) is 0.227. The van der Waals surface area contributed by atoms with Gasteiger partial charge in [-0.05, 0) is 38.4 Å². The van der Waals surface area contributed by atoms with Gasteiger partial charge in [0.05, 0.1) is 21.3 Å². The molecule has 0 aliphatic heterocycles. The average Bonchev–Trinajstić information content (AvgIpc) is 3.18. The van der Waals surface area contributed by atoms with Crippen molar-refractivity contribution in [1.29, 1.82) is 0 Å². The van der Waals surface area contributed by atoms with Crippen LogP contribution in [0, 0.1) is 10.1 Å². The molecule has 3 aromatic heterocycles. The second-order valence-electron chi connectivity index (χ2n) is 8.00. The van der Waals surface area contributed by atoms with Crippen LogP contribution in [-0.4, -0.2) is 56.4 Å². The van der Waals surface area contributed by atoms with Crippen molar-refractivity contribution in [3.63, 3.8) is 0 Å². The van der Waals surface area contributed by atoms with E-state index < -0.39 is 4.92 Å². The summed E-state index contributed by atoms with van der Waals surface area (Å²) in [6, 6.07) is 9.97. The Morgan fingerprint density at radius 3 is 2.54 bits per heavy atom. The van der Waals surface area contributed by atoms with Gasteiger partial charge in [-0.1, -0.05) is 23.2 Å². The summed E-state index contributed by atoms with van der Waals surface area (Å²) >= 11 is 12.5. The maximum Gasteiger partial charge on any atom is 0.311 e. The van der Waals surface area contributed by atoms with Crippen molar-refractivity contribution >= 4 is 52.1 Å². The van der Waals surface area contributed by atoms with Crippen molar-refractivity contribution < 1.29 is 4.92 Å². The fourth-order valence-electron chi connectivity index (χ4n) is 3.48. The van der Waals surface area contributed by atoms with E-state index in [1.165, 1.54) is 12.1 Å². The van der Waals surface area contributed by atoms with Crippen molar-refractivity contribution in [3.8, 4) is 11.3 Å². The minimum absolute atomic E-state index is 0.143. The fourth-order valence-corrected chi connectivity index (χ4v) is 3.99. The minimum atomic E-state index is -0.569. The van der Waals surface area contributed by atoms with Crippen LogP contribution >= 0.6 is 23.2 Å². The Bertz CT molecular complexity index is 1390. The third kappa shape index (κ3) is 5.70. The highest BCUT2D eigenvalue weighted by molar-refractivity contribution is 6.36. The van der Waals surface area contributed by atoms with E-state index in [0.717, 1.165) is 16.9 Å². The summed E-state index contributed by atoms with van der Waals surface area (Å²) in [4.78, 5) is 25.9. The van der Waals surface area contributed by atoms with E-state index in [2.05, 4.69) is 15.6 Å². The van der Waals surface area contributed by atoms with Gasteiger partial charge in [0.2, 0.25) is 11.8 Å². The van der Waals surface area contributed by atoms with Crippen molar-refractivity contribution in [2.24, 2.45) is 0 Å². The molecular weight excluding hydrogens is 493 g/mol. The summed E-state index contributed by atoms with van der Waals surface area (Å²) in [6.07, 6.45) is 1.93. The van der Waals surface area contributed by atoms with E-state index >= 15 is 0 Å². The number of nitrogen functional groups attached to an aromatic ring is 1. The van der Waals surface area contributed by atoms with E-state index in [0.29, 0.717) is 47.1 Å². The first-order valence-electron chi connectivity index (χ1n) is 10.6. The predicted octanol–water partition coefficient (Wildman–Crippen LogP) is 4.17. The molecule has 13 heteroatoms. The number of hydrogen-bond donors (Lipinski definition) is 3. The Morgan fingerprint density at radius 1 is 1.09 bits per heavy atom. The van der Waals surface area contributed by atoms with Crippen LogP contribution in [0.5, 0.6) is 0 Å². The van der Waals surface area contributed by atoms with Crippen LogP contribution in [0.25, 0.3) is 16.9 Å². The molecule has 182 valence electrons. The SMILES string of the molecule is CN(C)Cc1cn2c(NCCNc3ccc([N+](=O)[O-])c(N)n3)nc(-c3ccc(Cl)cc3Cl)cc2n1. The van der Waals surface area contributed by atoms with Crippen LogP contribution in [0.4, 0.5) is 23.3 Å². The van der Waals surface area contributed by atoms with Crippen molar-refractivity contribution in [3.05, 3.63) is 68.4 Å². The summed E-state index contributed by atoms with van der Waals surface area (Å²) in [7, 11) is 3.95. The Labute approximate surface area is 211 Å². The van der Waals surface area contributed by atoms with Gasteiger partial charge in [0.15, 0.2) is 0 Å². The van der Waals surface area contributed by atoms with E-state index in [-0.39, 0.29) is 11.5 Å². The van der Waals surface area contributed by atoms with Gasteiger partial charge in [-0.25, -0.2) is 15.0 Å². The minimum Gasteiger partial charge on any atom is -0.378 e. The number of fused-ring (bicyclic) bond motifs is 1. The highest BCUT2D eigenvalue weighted by Gasteiger charge is 2.15. The van der Waals surface area contributed by atoms with Gasteiger partial charge in [-0.15, -0.1) is 0 Å². The number of nitrogens with one attached hydrogen (secondary N) is 2. The Morgan fingerprint density at radius 2 is 1.86 bits per heavy atom. The predicted molar refractivity (Wildman–Crippen MR) is 138 cm³/mol. The lowest BCUT2D eigenvalue weighted by atomic mass is 10.1. The first-order valence-corrected chi connectivity index (χ1v) is 11.3. The number of hydrogen-bond acceptors (Lipinski definition) is 9. The first-order chi connectivity index (χ1) is 16.7. The number of rotatable bonds is 9. The summed E-state index contributed by atoms with van der Waals surface area (Å²) in [5.74, 6) is 0.875. The van der Waals surface area contributed by atoms with Crippen LogP contribution in [0.3, 0.4) is 0 Å². The second kappa shape index (κ2) is 10.3. The maximum absolute atomic E-state index is 10.9. The Balaban J connectivity index is 1.57. The van der Waals surface area contributed by atoms with Gasteiger partial charge < -0.3 is 21.3 Å². The average molecular weight is 516 g/mol. The van der Waals surface area contributed by atoms with Gasteiger partial charge in [-0.3, -0.25) is 14.5 Å². The molecule has 0 saturated carbocycles. The quantitative estimate of drug-likeness (QED) is 0.170. The Kier molecular flexibility index (Phi) is 7.20. The smallest absolute Gasteiger partial charge is 0.311 e. The van der Waals surface area contributed by atoms with Crippen LogP contribution in [-0.2, 0) is 6.54 Å². The van der Waals surface area contributed by atoms with Crippen LogP contribution < -0.4 is 16.4 Å². The van der Waals surface area contributed by atoms with Crippen molar-refractivity contribution in [2.75, 3.05) is 43.6 Å². The molecule has 0 fully saturated rings. The molecule has 0 bridgehead atoms. The number of benzene rings is 1. The molecule has 4 N–H and O–H groups in total. The third-order valence-corrected chi connectivity index (χ3v) is 5.55. The number of nitrogens with zero attached hydrogens (tertiary/aromatic N) is 6. The number of halogens is 2.